The lowest BCUT2D eigenvalue weighted by atomic mass is 9.93. The van der Waals surface area contributed by atoms with E-state index in [1.807, 2.05) is 31.2 Å². The number of aromatic nitrogens is 2. The second kappa shape index (κ2) is 8.80. The first-order valence-electron chi connectivity index (χ1n) is 10.7. The van der Waals surface area contributed by atoms with Gasteiger partial charge in [-0.25, -0.2) is 9.97 Å². The summed E-state index contributed by atoms with van der Waals surface area (Å²) in [6.45, 7) is 4.30. The van der Waals surface area contributed by atoms with Crippen LogP contribution >= 0.6 is 0 Å². The molecule has 6 heteroatoms. The molecule has 2 aliphatic rings. The first-order valence-corrected chi connectivity index (χ1v) is 10.7. The molecule has 4 rings (SSSR count). The normalized spacial score (nSPS) is 17.0. The Morgan fingerprint density at radius 1 is 1.14 bits per heavy atom. The highest BCUT2D eigenvalue weighted by Crippen LogP contribution is 2.30. The summed E-state index contributed by atoms with van der Waals surface area (Å²) in [7, 11) is 1.65. The molecular weight excluding hydrogens is 364 g/mol. The Balaban J connectivity index is 1.33. The second-order valence-electron chi connectivity index (χ2n) is 8.05. The van der Waals surface area contributed by atoms with Crippen LogP contribution in [0, 0.1) is 12.8 Å². The van der Waals surface area contributed by atoms with Crippen LogP contribution in [0.25, 0.3) is 0 Å². The molecule has 1 aromatic heterocycles. The van der Waals surface area contributed by atoms with Gasteiger partial charge in [-0.3, -0.25) is 4.79 Å². The second-order valence-corrected chi connectivity index (χ2v) is 8.05. The van der Waals surface area contributed by atoms with Gasteiger partial charge >= 0.3 is 0 Å². The zero-order valence-corrected chi connectivity index (χ0v) is 17.4. The minimum atomic E-state index is 0.0725. The molecule has 0 saturated carbocycles. The largest absolute Gasteiger partial charge is 0.497 e. The third-order valence-electron chi connectivity index (χ3n) is 6.06. The summed E-state index contributed by atoms with van der Waals surface area (Å²) in [4.78, 5) is 24.5. The van der Waals surface area contributed by atoms with Gasteiger partial charge in [0.05, 0.1) is 7.11 Å². The van der Waals surface area contributed by atoms with Crippen LogP contribution in [-0.2, 0) is 24.2 Å². The predicted octanol–water partition coefficient (Wildman–Crippen LogP) is 3.21. The molecule has 1 aromatic carbocycles. The van der Waals surface area contributed by atoms with Gasteiger partial charge < -0.3 is 15.0 Å². The van der Waals surface area contributed by atoms with Crippen molar-refractivity contribution in [1.82, 2.24) is 15.3 Å². The maximum absolute atomic E-state index is 12.6. The number of benzene rings is 1. The molecule has 0 radical (unpaired) electrons. The van der Waals surface area contributed by atoms with Gasteiger partial charge in [0.25, 0.3) is 0 Å². The number of carbonyl (C=O) groups excluding carboxylic acids is 1. The van der Waals surface area contributed by atoms with E-state index in [-0.39, 0.29) is 11.8 Å². The summed E-state index contributed by atoms with van der Waals surface area (Å²) < 4.78 is 5.18. The summed E-state index contributed by atoms with van der Waals surface area (Å²) in [5.41, 5.74) is 3.65. The van der Waals surface area contributed by atoms with Gasteiger partial charge in [-0.05, 0) is 63.1 Å². The molecule has 1 N–H and O–H groups in total. The molecule has 154 valence electrons. The Labute approximate surface area is 172 Å². The van der Waals surface area contributed by atoms with E-state index in [4.69, 9.17) is 9.72 Å². The molecule has 1 amide bonds. The van der Waals surface area contributed by atoms with Crippen LogP contribution in [0.4, 0.5) is 5.82 Å². The molecule has 6 nitrogen and oxygen atoms in total. The lowest BCUT2D eigenvalue weighted by molar-refractivity contribution is -0.125. The van der Waals surface area contributed by atoms with Gasteiger partial charge in [-0.2, -0.15) is 0 Å². The molecular formula is C23H30N4O2. The number of nitrogens with one attached hydrogen (secondary N) is 1. The number of carbonyl (C=O) groups is 1. The summed E-state index contributed by atoms with van der Waals surface area (Å²) in [6, 6.07) is 7.82. The third kappa shape index (κ3) is 4.52. The highest BCUT2D eigenvalue weighted by molar-refractivity contribution is 5.79. The molecule has 29 heavy (non-hydrogen) atoms. The van der Waals surface area contributed by atoms with Crippen LogP contribution in [0.3, 0.4) is 0 Å². The maximum atomic E-state index is 12.6. The number of piperidine rings is 1. The minimum absolute atomic E-state index is 0.0725. The third-order valence-corrected chi connectivity index (χ3v) is 6.06. The quantitative estimate of drug-likeness (QED) is 0.843. The highest BCUT2D eigenvalue weighted by atomic mass is 16.5. The fraction of sp³-hybridized carbons (Fsp3) is 0.522. The Hall–Kier alpha value is -2.63. The fourth-order valence-corrected chi connectivity index (χ4v) is 4.39. The van der Waals surface area contributed by atoms with Gasteiger partial charge in [0.15, 0.2) is 0 Å². The van der Waals surface area contributed by atoms with E-state index in [1.165, 1.54) is 24.1 Å². The van der Waals surface area contributed by atoms with Crippen molar-refractivity contribution >= 4 is 11.7 Å². The van der Waals surface area contributed by atoms with Crippen molar-refractivity contribution < 1.29 is 9.53 Å². The molecule has 0 bridgehead atoms. The van der Waals surface area contributed by atoms with Crippen molar-refractivity contribution in [3.8, 4) is 5.75 Å². The minimum Gasteiger partial charge on any atom is -0.497 e. The summed E-state index contributed by atoms with van der Waals surface area (Å²) in [5.74, 6) is 3.03. The van der Waals surface area contributed by atoms with Crippen molar-refractivity contribution in [2.45, 2.75) is 52.0 Å². The lowest BCUT2D eigenvalue weighted by Crippen LogP contribution is -2.41. The van der Waals surface area contributed by atoms with Crippen LogP contribution in [0.2, 0.25) is 0 Å². The van der Waals surface area contributed by atoms with Gasteiger partial charge in [-0.15, -0.1) is 0 Å². The number of methoxy groups -OCH3 is 1. The van der Waals surface area contributed by atoms with Crippen molar-refractivity contribution in [2.75, 3.05) is 25.1 Å². The van der Waals surface area contributed by atoms with Gasteiger partial charge in [0.1, 0.15) is 17.4 Å². The first-order chi connectivity index (χ1) is 14.1. The van der Waals surface area contributed by atoms with Crippen LogP contribution in [-0.4, -0.2) is 36.1 Å². The van der Waals surface area contributed by atoms with Crippen molar-refractivity contribution in [2.24, 2.45) is 5.92 Å². The number of hydrogen-bond acceptors (Lipinski definition) is 5. The Kier molecular flexibility index (Phi) is 5.97. The van der Waals surface area contributed by atoms with Gasteiger partial charge in [-0.1, -0.05) is 12.1 Å². The molecule has 1 saturated heterocycles. The Morgan fingerprint density at radius 3 is 2.59 bits per heavy atom. The van der Waals surface area contributed by atoms with E-state index in [2.05, 4.69) is 15.2 Å². The molecule has 0 spiro atoms. The number of anilines is 1. The predicted molar refractivity (Wildman–Crippen MR) is 113 cm³/mol. The zero-order chi connectivity index (χ0) is 20.2. The van der Waals surface area contributed by atoms with E-state index >= 15 is 0 Å². The first kappa shape index (κ1) is 19.7. The average molecular weight is 395 g/mol. The van der Waals surface area contributed by atoms with Gasteiger partial charge in [0, 0.05) is 36.8 Å². The number of fused-ring (bicyclic) bond motifs is 1. The molecule has 1 aliphatic carbocycles. The Morgan fingerprint density at radius 2 is 1.86 bits per heavy atom. The van der Waals surface area contributed by atoms with Crippen LogP contribution in [0.15, 0.2) is 24.3 Å². The van der Waals surface area contributed by atoms with E-state index < -0.39 is 0 Å². The number of hydrogen-bond donors (Lipinski definition) is 1. The van der Waals surface area contributed by atoms with Crippen LogP contribution in [0.5, 0.6) is 5.75 Å². The van der Waals surface area contributed by atoms with E-state index in [9.17, 15) is 4.79 Å². The zero-order valence-electron chi connectivity index (χ0n) is 17.4. The van der Waals surface area contributed by atoms with Crippen LogP contribution in [0.1, 0.15) is 48.3 Å². The monoisotopic (exact) mass is 394 g/mol. The highest BCUT2D eigenvalue weighted by Gasteiger charge is 2.28. The number of nitrogens with zero attached hydrogens (tertiary/aromatic N) is 3. The van der Waals surface area contributed by atoms with Gasteiger partial charge in [0.2, 0.25) is 5.91 Å². The van der Waals surface area contributed by atoms with E-state index in [0.717, 1.165) is 61.7 Å². The number of ether oxygens (including phenoxy) is 1. The van der Waals surface area contributed by atoms with Crippen LogP contribution < -0.4 is 15.0 Å². The summed E-state index contributed by atoms with van der Waals surface area (Å²) >= 11 is 0. The number of aryl methyl sites for hydroxylation is 2. The standard InChI is InChI=1S/C23H30N4O2/c1-16-25-21-6-4-3-5-20(21)22(26-16)27-13-11-18(12-14-27)23(28)24-15-17-7-9-19(29-2)10-8-17/h7-10,18H,3-6,11-15H2,1-2H3,(H,24,28). The molecule has 2 aromatic rings. The molecule has 0 unspecified atom stereocenters. The smallest absolute Gasteiger partial charge is 0.223 e. The van der Waals surface area contributed by atoms with Crippen molar-refractivity contribution in [3.05, 3.63) is 46.9 Å². The van der Waals surface area contributed by atoms with E-state index in [0.29, 0.717) is 6.54 Å². The van der Waals surface area contributed by atoms with Crippen molar-refractivity contribution in [3.63, 3.8) is 0 Å². The summed E-state index contributed by atoms with van der Waals surface area (Å²) in [5, 5.41) is 3.10. The maximum Gasteiger partial charge on any atom is 0.223 e. The molecule has 1 fully saturated rings. The topological polar surface area (TPSA) is 67.3 Å². The molecule has 0 atom stereocenters. The lowest BCUT2D eigenvalue weighted by Gasteiger charge is -2.34. The Bertz CT molecular complexity index is 858. The number of amides is 1. The molecule has 1 aliphatic heterocycles. The molecule has 2 heterocycles. The fourth-order valence-electron chi connectivity index (χ4n) is 4.39. The van der Waals surface area contributed by atoms with E-state index in [1.54, 1.807) is 7.11 Å². The average Bonchev–Trinajstić information content (AvgIpc) is 2.77. The number of rotatable bonds is 5. The van der Waals surface area contributed by atoms with Crippen molar-refractivity contribution in [1.29, 1.82) is 0 Å². The SMILES string of the molecule is COc1ccc(CNC(=O)C2CCN(c3nc(C)nc4c3CCCC4)CC2)cc1. The summed E-state index contributed by atoms with van der Waals surface area (Å²) in [6.07, 6.45) is 6.32.